The summed E-state index contributed by atoms with van der Waals surface area (Å²) in [6.07, 6.45) is 1.65. The molecule has 0 aliphatic rings. The number of carbonyl (C=O) groups excluding carboxylic acids is 3. The number of hydrogen-bond donors (Lipinski definition) is 3. The number of amides is 3. The van der Waals surface area contributed by atoms with Crippen molar-refractivity contribution in [2.45, 2.75) is 24.0 Å². The third kappa shape index (κ3) is 9.02. The lowest BCUT2D eigenvalue weighted by atomic mass is 10.1. The number of benzene rings is 5. The van der Waals surface area contributed by atoms with E-state index >= 15 is 0 Å². The number of aryl methyl sites for hydroxylation is 2. The molecule has 48 heavy (non-hydrogen) atoms. The van der Waals surface area contributed by atoms with E-state index in [0.717, 1.165) is 38.5 Å². The van der Waals surface area contributed by atoms with Crippen molar-refractivity contribution in [1.82, 2.24) is 5.32 Å². The van der Waals surface area contributed by atoms with Crippen molar-refractivity contribution >= 4 is 52.6 Å². The Bertz CT molecular complexity index is 1920. The molecule has 0 saturated heterocycles. The summed E-state index contributed by atoms with van der Waals surface area (Å²) in [7, 11) is 3.91. The van der Waals surface area contributed by atoms with Gasteiger partial charge in [-0.2, -0.15) is 0 Å². The molecule has 0 saturated carbocycles. The van der Waals surface area contributed by atoms with Crippen molar-refractivity contribution < 1.29 is 14.4 Å². The fourth-order valence-electron chi connectivity index (χ4n) is 5.01. The molecule has 3 N–H and O–H groups in total. The second-order valence-electron chi connectivity index (χ2n) is 11.6. The topological polar surface area (TPSA) is 90.5 Å². The molecule has 5 aromatic carbocycles. The van der Waals surface area contributed by atoms with E-state index in [1.165, 1.54) is 11.8 Å². The Balaban J connectivity index is 1.38. The Morgan fingerprint density at radius 3 is 2.08 bits per heavy atom. The van der Waals surface area contributed by atoms with Crippen LogP contribution in [0.1, 0.15) is 37.9 Å². The van der Waals surface area contributed by atoms with Crippen LogP contribution < -0.4 is 20.9 Å². The molecule has 0 bridgehead atoms. The van der Waals surface area contributed by atoms with E-state index in [0.29, 0.717) is 11.3 Å². The minimum atomic E-state index is -0.552. The van der Waals surface area contributed by atoms with Crippen molar-refractivity contribution in [3.8, 4) is 0 Å². The van der Waals surface area contributed by atoms with Crippen LogP contribution in [-0.4, -0.2) is 31.8 Å². The fraction of sp³-hybridized carbons (Fsp3) is 0.125. The molecular formula is C40H38N4O3S. The van der Waals surface area contributed by atoms with Crippen molar-refractivity contribution in [2.75, 3.05) is 29.6 Å². The van der Waals surface area contributed by atoms with E-state index in [-0.39, 0.29) is 11.6 Å². The minimum absolute atomic E-state index is 0.0921. The highest BCUT2D eigenvalue weighted by Crippen LogP contribution is 2.37. The molecule has 3 amide bonds. The third-order valence-corrected chi connectivity index (χ3v) is 8.82. The van der Waals surface area contributed by atoms with E-state index in [1.807, 2.05) is 130 Å². The number of nitrogens with one attached hydrogen (secondary N) is 3. The Morgan fingerprint density at radius 1 is 0.729 bits per heavy atom. The highest BCUT2D eigenvalue weighted by Gasteiger charge is 2.23. The van der Waals surface area contributed by atoms with Gasteiger partial charge in [0.15, 0.2) is 0 Å². The average Bonchev–Trinajstić information content (AvgIpc) is 3.09. The normalized spacial score (nSPS) is 11.7. The van der Waals surface area contributed by atoms with Crippen molar-refractivity contribution in [3.05, 3.63) is 161 Å². The Labute approximate surface area is 286 Å². The van der Waals surface area contributed by atoms with Crippen LogP contribution >= 0.6 is 11.8 Å². The molecular weight excluding hydrogens is 617 g/mol. The van der Waals surface area contributed by atoms with Gasteiger partial charge >= 0.3 is 0 Å². The molecule has 0 aromatic heterocycles. The largest absolute Gasteiger partial charge is 0.378 e. The number of anilines is 3. The summed E-state index contributed by atoms with van der Waals surface area (Å²) in [5.74, 6) is -1.03. The van der Waals surface area contributed by atoms with Crippen LogP contribution in [-0.2, 0) is 9.59 Å². The maximum atomic E-state index is 13.7. The molecule has 0 heterocycles. The first-order valence-electron chi connectivity index (χ1n) is 15.5. The lowest BCUT2D eigenvalue weighted by molar-refractivity contribution is -0.116. The van der Waals surface area contributed by atoms with Crippen molar-refractivity contribution in [3.63, 3.8) is 0 Å². The van der Waals surface area contributed by atoms with Gasteiger partial charge in [-0.25, -0.2) is 0 Å². The SMILES string of the molecule is Cc1ccc(NC(=O)C(Sc2cccc(NC(=O)/C(=C\c3ccc(N(C)C)cc3)NC(=O)c3ccccc3)c2)c2ccccc2)c(C)c1. The standard InChI is InChI=1S/C40H38N4O3S/c1-27-18-23-35(28(2)24-27)42-40(47)37(30-12-7-5-8-13-30)48-34-17-11-16-32(26-34)41-39(46)36(43-38(45)31-14-9-6-10-15-31)25-29-19-21-33(22-20-29)44(3)4/h5-26,37H,1-4H3,(H,41,46)(H,42,47)(H,43,45)/b36-25+. The van der Waals surface area contributed by atoms with Crippen molar-refractivity contribution in [1.29, 1.82) is 0 Å². The quantitative estimate of drug-likeness (QED) is 0.0986. The molecule has 5 rings (SSSR count). The van der Waals surface area contributed by atoms with Crippen molar-refractivity contribution in [2.24, 2.45) is 0 Å². The third-order valence-electron chi connectivity index (χ3n) is 7.58. The maximum Gasteiger partial charge on any atom is 0.272 e. The highest BCUT2D eigenvalue weighted by molar-refractivity contribution is 8.00. The molecule has 0 aliphatic heterocycles. The van der Waals surface area contributed by atoms with E-state index in [1.54, 1.807) is 36.4 Å². The smallest absolute Gasteiger partial charge is 0.272 e. The second-order valence-corrected chi connectivity index (χ2v) is 12.7. The van der Waals surface area contributed by atoms with Crippen LogP contribution in [0.25, 0.3) is 6.08 Å². The lowest BCUT2D eigenvalue weighted by Gasteiger charge is -2.19. The molecule has 0 spiro atoms. The summed E-state index contributed by atoms with van der Waals surface area (Å²) in [6.45, 7) is 3.99. The predicted octanol–water partition coefficient (Wildman–Crippen LogP) is 8.25. The molecule has 7 nitrogen and oxygen atoms in total. The van der Waals surface area contributed by atoms with Gasteiger partial charge in [-0.15, -0.1) is 11.8 Å². The Morgan fingerprint density at radius 2 is 1.42 bits per heavy atom. The second kappa shape index (κ2) is 15.8. The average molecular weight is 655 g/mol. The first-order valence-corrected chi connectivity index (χ1v) is 16.4. The van der Waals surface area contributed by atoms with Crippen LogP contribution in [0.4, 0.5) is 17.1 Å². The lowest BCUT2D eigenvalue weighted by Crippen LogP contribution is -2.30. The van der Waals surface area contributed by atoms with Crippen LogP contribution in [0, 0.1) is 13.8 Å². The van der Waals surface area contributed by atoms with Gasteiger partial charge in [0.2, 0.25) is 5.91 Å². The van der Waals surface area contributed by atoms with Gasteiger partial charge in [0.1, 0.15) is 10.9 Å². The first kappa shape index (κ1) is 33.8. The monoisotopic (exact) mass is 654 g/mol. The van der Waals surface area contributed by atoms with Gasteiger partial charge < -0.3 is 20.9 Å². The minimum Gasteiger partial charge on any atom is -0.378 e. The van der Waals surface area contributed by atoms with E-state index in [4.69, 9.17) is 0 Å². The predicted molar refractivity (Wildman–Crippen MR) is 197 cm³/mol. The van der Waals surface area contributed by atoms with Gasteiger partial charge in [0.05, 0.1) is 0 Å². The van der Waals surface area contributed by atoms with Gasteiger partial charge in [-0.1, -0.05) is 84.4 Å². The molecule has 0 aliphatic carbocycles. The van der Waals surface area contributed by atoms with Crippen LogP contribution in [0.5, 0.6) is 0 Å². The van der Waals surface area contributed by atoms with E-state index in [2.05, 4.69) is 16.0 Å². The summed E-state index contributed by atoms with van der Waals surface area (Å²) in [5, 5.41) is 8.29. The number of nitrogens with zero attached hydrogens (tertiary/aromatic N) is 1. The number of rotatable bonds is 11. The van der Waals surface area contributed by atoms with Gasteiger partial charge in [0.25, 0.3) is 11.8 Å². The fourth-order valence-corrected chi connectivity index (χ4v) is 6.10. The van der Waals surface area contributed by atoms with Crippen LogP contribution in [0.15, 0.2) is 138 Å². The maximum absolute atomic E-state index is 13.7. The summed E-state index contributed by atoms with van der Waals surface area (Å²) in [4.78, 5) is 43.3. The molecule has 1 atom stereocenters. The molecule has 5 aromatic rings. The van der Waals surface area contributed by atoms with Gasteiger partial charge in [-0.05, 0) is 85.1 Å². The van der Waals surface area contributed by atoms with Gasteiger partial charge in [-0.3, -0.25) is 14.4 Å². The first-order chi connectivity index (χ1) is 23.2. The number of thioether (sulfide) groups is 1. The zero-order valence-corrected chi connectivity index (χ0v) is 28.2. The Kier molecular flexibility index (Phi) is 11.1. The number of carbonyl (C=O) groups is 3. The molecule has 8 heteroatoms. The van der Waals surface area contributed by atoms with E-state index < -0.39 is 17.1 Å². The zero-order valence-electron chi connectivity index (χ0n) is 27.4. The van der Waals surface area contributed by atoms with Crippen LogP contribution in [0.2, 0.25) is 0 Å². The highest BCUT2D eigenvalue weighted by atomic mass is 32.2. The van der Waals surface area contributed by atoms with E-state index in [9.17, 15) is 14.4 Å². The molecule has 242 valence electrons. The number of hydrogen-bond acceptors (Lipinski definition) is 5. The molecule has 0 fully saturated rings. The summed E-state index contributed by atoms with van der Waals surface area (Å²) in [5.41, 5.74) is 6.54. The molecule has 0 radical (unpaired) electrons. The van der Waals surface area contributed by atoms with Crippen LogP contribution in [0.3, 0.4) is 0 Å². The summed E-state index contributed by atoms with van der Waals surface area (Å²) in [6, 6.07) is 39.3. The summed E-state index contributed by atoms with van der Waals surface area (Å²) < 4.78 is 0. The Hall–Kier alpha value is -5.60. The molecule has 1 unspecified atom stereocenters. The van der Waals surface area contributed by atoms with Gasteiger partial charge in [0, 0.05) is 41.6 Å². The zero-order chi connectivity index (χ0) is 34.0. The summed E-state index contributed by atoms with van der Waals surface area (Å²) >= 11 is 1.39.